The van der Waals surface area contributed by atoms with Crippen LogP contribution in [0.5, 0.6) is 5.75 Å². The molecule has 228 valence electrons. The fourth-order valence-electron chi connectivity index (χ4n) is 5.37. The maximum absolute atomic E-state index is 13.5. The molecule has 1 aliphatic carbocycles. The van der Waals surface area contributed by atoms with Gasteiger partial charge < -0.3 is 15.4 Å². The van der Waals surface area contributed by atoms with Crippen LogP contribution in [0, 0.1) is 0 Å². The number of ether oxygens (including phenoxy) is 1. The van der Waals surface area contributed by atoms with E-state index in [-0.39, 0.29) is 11.5 Å². The van der Waals surface area contributed by atoms with Gasteiger partial charge in [-0.1, -0.05) is 72.8 Å². The van der Waals surface area contributed by atoms with Crippen LogP contribution in [0.15, 0.2) is 132 Å². The number of hydrogen-bond acceptors (Lipinski definition) is 5. The standard InChI is InChI=1S/C39H32N2O4S/c1-2-45-37-15-9-7-13-29(37)24-35(41-38(43)26-10-4-3-5-11-26)39(44)40-31-17-19-32(20-18-31)46-25-36(42)28-16-21-34-30(23-28)22-27-12-6-8-14-33(27)34/h3-21,23-24H,2,22,25H2,1H3,(H,40,44)(H,41,43)/b35-24-. The number of nitrogens with one attached hydrogen (secondary N) is 2. The molecule has 0 aromatic heterocycles. The molecule has 5 aromatic carbocycles. The lowest BCUT2D eigenvalue weighted by molar-refractivity contribution is -0.113. The highest BCUT2D eigenvalue weighted by molar-refractivity contribution is 8.00. The second-order valence-corrected chi connectivity index (χ2v) is 11.8. The minimum absolute atomic E-state index is 0.0670. The van der Waals surface area contributed by atoms with Crippen molar-refractivity contribution in [1.29, 1.82) is 0 Å². The molecule has 0 unspecified atom stereocenters. The number of Topliss-reactive ketones (excluding diaryl/α,β-unsaturated/α-hetero) is 1. The third kappa shape index (κ3) is 7.11. The predicted molar refractivity (Wildman–Crippen MR) is 184 cm³/mol. The summed E-state index contributed by atoms with van der Waals surface area (Å²) in [5, 5.41) is 5.65. The number of ketones is 1. The molecule has 1 aliphatic rings. The Labute approximate surface area is 272 Å². The van der Waals surface area contributed by atoms with Gasteiger partial charge in [0.15, 0.2) is 5.78 Å². The van der Waals surface area contributed by atoms with Crippen molar-refractivity contribution in [3.8, 4) is 16.9 Å². The second-order valence-electron chi connectivity index (χ2n) is 10.7. The summed E-state index contributed by atoms with van der Waals surface area (Å²) < 4.78 is 5.72. The molecule has 0 fully saturated rings. The smallest absolute Gasteiger partial charge is 0.272 e. The summed E-state index contributed by atoms with van der Waals surface area (Å²) in [5.41, 5.74) is 7.35. The van der Waals surface area contributed by atoms with Crippen molar-refractivity contribution in [2.75, 3.05) is 17.7 Å². The van der Waals surface area contributed by atoms with Crippen LogP contribution in [0.2, 0.25) is 0 Å². The topological polar surface area (TPSA) is 84.5 Å². The molecule has 46 heavy (non-hydrogen) atoms. The van der Waals surface area contributed by atoms with Crippen LogP contribution < -0.4 is 15.4 Å². The van der Waals surface area contributed by atoms with Crippen molar-refractivity contribution in [1.82, 2.24) is 5.32 Å². The van der Waals surface area contributed by atoms with Gasteiger partial charge in [-0.2, -0.15) is 0 Å². The highest BCUT2D eigenvalue weighted by Gasteiger charge is 2.20. The Balaban J connectivity index is 1.12. The molecule has 2 N–H and O–H groups in total. The number of rotatable bonds is 11. The fourth-order valence-corrected chi connectivity index (χ4v) is 6.16. The average Bonchev–Trinajstić information content (AvgIpc) is 3.47. The van der Waals surface area contributed by atoms with Gasteiger partial charge in [0.2, 0.25) is 0 Å². The Kier molecular flexibility index (Phi) is 9.41. The highest BCUT2D eigenvalue weighted by Crippen LogP contribution is 2.37. The average molecular weight is 625 g/mol. The van der Waals surface area contributed by atoms with Crippen molar-refractivity contribution < 1.29 is 19.1 Å². The molecule has 0 saturated heterocycles. The first-order valence-corrected chi connectivity index (χ1v) is 16.1. The number of para-hydroxylation sites is 1. The van der Waals surface area contributed by atoms with Gasteiger partial charge in [0, 0.05) is 27.3 Å². The number of carbonyl (C=O) groups is 3. The first-order valence-electron chi connectivity index (χ1n) is 15.1. The molecule has 0 spiro atoms. The summed E-state index contributed by atoms with van der Waals surface area (Å²) in [6, 6.07) is 37.7. The van der Waals surface area contributed by atoms with Gasteiger partial charge in [0.1, 0.15) is 11.4 Å². The minimum atomic E-state index is -0.482. The van der Waals surface area contributed by atoms with E-state index in [4.69, 9.17) is 4.74 Å². The number of anilines is 1. The zero-order chi connectivity index (χ0) is 31.9. The van der Waals surface area contributed by atoms with E-state index in [1.807, 2.05) is 73.7 Å². The predicted octanol–water partition coefficient (Wildman–Crippen LogP) is 8.04. The first kappa shape index (κ1) is 30.6. The van der Waals surface area contributed by atoms with Gasteiger partial charge in [0.05, 0.1) is 12.4 Å². The van der Waals surface area contributed by atoms with Gasteiger partial charge in [-0.25, -0.2) is 0 Å². The SMILES string of the molecule is CCOc1ccccc1/C=C(\NC(=O)c1ccccc1)C(=O)Nc1ccc(SCC(=O)c2ccc3c(c2)Cc2ccccc2-3)cc1. The molecule has 7 heteroatoms. The van der Waals surface area contributed by atoms with Crippen LogP contribution in [0.25, 0.3) is 17.2 Å². The maximum atomic E-state index is 13.5. The first-order chi connectivity index (χ1) is 22.5. The quantitative estimate of drug-likeness (QED) is 0.0866. The Hall–Kier alpha value is -5.40. The Morgan fingerprint density at radius 2 is 1.48 bits per heavy atom. The van der Waals surface area contributed by atoms with Gasteiger partial charge >= 0.3 is 0 Å². The Morgan fingerprint density at radius 1 is 0.761 bits per heavy atom. The lowest BCUT2D eigenvalue weighted by Crippen LogP contribution is -2.30. The highest BCUT2D eigenvalue weighted by atomic mass is 32.2. The van der Waals surface area contributed by atoms with Crippen molar-refractivity contribution in [3.05, 3.63) is 155 Å². The van der Waals surface area contributed by atoms with Gasteiger partial charge in [-0.3, -0.25) is 14.4 Å². The van der Waals surface area contributed by atoms with Crippen LogP contribution in [-0.2, 0) is 11.2 Å². The Bertz CT molecular complexity index is 1930. The molecule has 6 rings (SSSR count). The van der Waals surface area contributed by atoms with E-state index in [0.717, 1.165) is 11.3 Å². The van der Waals surface area contributed by atoms with Crippen LogP contribution in [0.3, 0.4) is 0 Å². The van der Waals surface area contributed by atoms with Crippen molar-refractivity contribution in [3.63, 3.8) is 0 Å². The van der Waals surface area contributed by atoms with E-state index < -0.39 is 11.8 Å². The number of benzene rings is 5. The van der Waals surface area contributed by atoms with Crippen LogP contribution in [-0.4, -0.2) is 30.0 Å². The number of thioether (sulfide) groups is 1. The third-order valence-electron chi connectivity index (χ3n) is 7.65. The van der Waals surface area contributed by atoms with E-state index >= 15 is 0 Å². The van der Waals surface area contributed by atoms with Gasteiger partial charge in [-0.05, 0) is 90.2 Å². The molecule has 6 nitrogen and oxygen atoms in total. The lowest BCUT2D eigenvalue weighted by atomic mass is 10.0. The number of fused-ring (bicyclic) bond motifs is 3. The van der Waals surface area contributed by atoms with Crippen LogP contribution in [0.4, 0.5) is 5.69 Å². The Morgan fingerprint density at radius 3 is 2.28 bits per heavy atom. The van der Waals surface area contributed by atoms with E-state index in [1.54, 1.807) is 42.5 Å². The molecule has 0 atom stereocenters. The summed E-state index contributed by atoms with van der Waals surface area (Å²) in [6.45, 7) is 2.34. The normalized spacial score (nSPS) is 11.7. The summed E-state index contributed by atoms with van der Waals surface area (Å²) in [4.78, 5) is 40.4. The number of hydrogen-bond donors (Lipinski definition) is 2. The van der Waals surface area contributed by atoms with E-state index in [1.165, 1.54) is 34.0 Å². The van der Waals surface area contributed by atoms with Crippen LogP contribution in [0.1, 0.15) is 44.3 Å². The van der Waals surface area contributed by atoms with Crippen molar-refractivity contribution in [2.24, 2.45) is 0 Å². The van der Waals surface area contributed by atoms with Crippen molar-refractivity contribution in [2.45, 2.75) is 18.2 Å². The number of amides is 2. The molecule has 0 heterocycles. The summed E-state index contributed by atoms with van der Waals surface area (Å²) in [7, 11) is 0. The number of carbonyl (C=O) groups excluding carboxylic acids is 3. The minimum Gasteiger partial charge on any atom is -0.493 e. The van der Waals surface area contributed by atoms with Crippen LogP contribution >= 0.6 is 11.8 Å². The zero-order valence-corrected chi connectivity index (χ0v) is 26.1. The molecule has 0 saturated carbocycles. The molecule has 0 aliphatic heterocycles. The van der Waals surface area contributed by atoms with Gasteiger partial charge in [0.25, 0.3) is 11.8 Å². The molecule has 0 radical (unpaired) electrons. The van der Waals surface area contributed by atoms with E-state index in [0.29, 0.717) is 40.5 Å². The van der Waals surface area contributed by atoms with E-state index in [2.05, 4.69) is 28.8 Å². The van der Waals surface area contributed by atoms with Crippen molar-refractivity contribution >= 4 is 41.1 Å². The third-order valence-corrected chi connectivity index (χ3v) is 8.66. The van der Waals surface area contributed by atoms with Gasteiger partial charge in [-0.15, -0.1) is 11.8 Å². The second kappa shape index (κ2) is 14.1. The lowest BCUT2D eigenvalue weighted by Gasteiger charge is -2.13. The van der Waals surface area contributed by atoms with E-state index in [9.17, 15) is 14.4 Å². The maximum Gasteiger partial charge on any atom is 0.272 e. The molecule has 0 bridgehead atoms. The largest absolute Gasteiger partial charge is 0.493 e. The monoisotopic (exact) mass is 624 g/mol. The fraction of sp³-hybridized carbons (Fsp3) is 0.103. The molecule has 5 aromatic rings. The molecule has 2 amide bonds. The zero-order valence-electron chi connectivity index (χ0n) is 25.3. The summed E-state index contributed by atoms with van der Waals surface area (Å²) in [6.07, 6.45) is 2.45. The molecular weight excluding hydrogens is 593 g/mol. The molecular formula is C39H32N2O4S. The summed E-state index contributed by atoms with van der Waals surface area (Å²) in [5.74, 6) is 0.0856. The summed E-state index contributed by atoms with van der Waals surface area (Å²) >= 11 is 1.45.